The molecule has 2 heterocycles. The SMILES string of the molecule is C[C@@H]1CCCCO[C@H](CN(C)C(=O)Nc2ccccc2)[C@@H](C)CN([C@H](C)CO)C(=O)c2cc(NS(=O)(=O)c3cccs3)ccc2O1. The van der Waals surface area contributed by atoms with Gasteiger partial charge in [0.25, 0.3) is 15.9 Å². The number of sulfonamides is 1. The Bertz CT molecular complexity index is 1540. The summed E-state index contributed by atoms with van der Waals surface area (Å²) in [5, 5.41) is 14.7. The molecule has 46 heavy (non-hydrogen) atoms. The van der Waals surface area contributed by atoms with Gasteiger partial charge < -0.3 is 29.7 Å². The van der Waals surface area contributed by atoms with Crippen molar-refractivity contribution in [2.45, 2.75) is 62.5 Å². The first kappa shape index (κ1) is 35.2. The molecule has 3 aromatic rings. The number of carbonyl (C=O) groups excluding carboxylic acids is 2. The summed E-state index contributed by atoms with van der Waals surface area (Å²) in [6.07, 6.45) is 1.67. The number of likely N-dealkylation sites (N-methyl/N-ethyl adjacent to an activating group) is 1. The summed E-state index contributed by atoms with van der Waals surface area (Å²) >= 11 is 1.09. The molecule has 11 nitrogen and oxygen atoms in total. The van der Waals surface area contributed by atoms with Gasteiger partial charge in [-0.1, -0.05) is 31.2 Å². The Morgan fingerprint density at radius 2 is 1.87 bits per heavy atom. The van der Waals surface area contributed by atoms with Gasteiger partial charge >= 0.3 is 6.03 Å². The van der Waals surface area contributed by atoms with Crippen LogP contribution >= 0.6 is 11.3 Å². The highest BCUT2D eigenvalue weighted by Gasteiger charge is 2.31. The Morgan fingerprint density at radius 1 is 1.11 bits per heavy atom. The molecule has 1 aromatic heterocycles. The Kier molecular flexibility index (Phi) is 12.4. The predicted octanol–water partition coefficient (Wildman–Crippen LogP) is 5.51. The zero-order chi connectivity index (χ0) is 33.3. The summed E-state index contributed by atoms with van der Waals surface area (Å²) < 4.78 is 41.2. The zero-order valence-corrected chi connectivity index (χ0v) is 28.4. The van der Waals surface area contributed by atoms with E-state index < -0.39 is 28.1 Å². The number of hydrogen-bond acceptors (Lipinski definition) is 8. The van der Waals surface area contributed by atoms with Crippen molar-refractivity contribution in [1.29, 1.82) is 0 Å². The van der Waals surface area contributed by atoms with Crippen LogP contribution in [0.2, 0.25) is 0 Å². The Balaban J connectivity index is 1.62. The molecule has 4 rings (SSSR count). The molecule has 3 amide bonds. The first-order valence-electron chi connectivity index (χ1n) is 15.5. The number of amides is 3. The topological polar surface area (TPSA) is 138 Å². The van der Waals surface area contributed by atoms with Crippen molar-refractivity contribution in [2.75, 3.05) is 43.4 Å². The van der Waals surface area contributed by atoms with Gasteiger partial charge in [0, 0.05) is 44.0 Å². The van der Waals surface area contributed by atoms with Crippen molar-refractivity contribution in [3.63, 3.8) is 0 Å². The molecule has 0 fully saturated rings. The fourth-order valence-corrected chi connectivity index (χ4v) is 7.21. The summed E-state index contributed by atoms with van der Waals surface area (Å²) in [5.41, 5.74) is 1.08. The van der Waals surface area contributed by atoms with E-state index in [1.165, 1.54) is 12.1 Å². The fraction of sp³-hybridized carbons (Fsp3) is 0.455. The molecule has 0 aliphatic carbocycles. The normalized spacial score (nSPS) is 20.5. The molecule has 0 saturated carbocycles. The molecule has 0 unspecified atom stereocenters. The van der Waals surface area contributed by atoms with E-state index in [1.807, 2.05) is 44.2 Å². The number of anilines is 2. The van der Waals surface area contributed by atoms with Crippen LogP contribution in [-0.2, 0) is 14.8 Å². The van der Waals surface area contributed by atoms with E-state index in [0.717, 1.165) is 24.2 Å². The largest absolute Gasteiger partial charge is 0.490 e. The third kappa shape index (κ3) is 9.44. The second-order valence-corrected chi connectivity index (χ2v) is 14.6. The molecule has 1 aliphatic heterocycles. The van der Waals surface area contributed by atoms with Crippen molar-refractivity contribution < 1.29 is 32.6 Å². The number of ether oxygens (including phenoxy) is 2. The van der Waals surface area contributed by atoms with Gasteiger partial charge in [-0.25, -0.2) is 13.2 Å². The van der Waals surface area contributed by atoms with E-state index in [0.29, 0.717) is 24.5 Å². The average molecular weight is 673 g/mol. The molecule has 0 radical (unpaired) electrons. The number of hydrogen-bond donors (Lipinski definition) is 3. The van der Waals surface area contributed by atoms with Gasteiger partial charge in [-0.15, -0.1) is 11.3 Å². The Morgan fingerprint density at radius 3 is 2.57 bits per heavy atom. The number of para-hydroxylation sites is 1. The minimum absolute atomic E-state index is 0.154. The molecule has 1 aliphatic rings. The molecular formula is C33H44N4O7S2. The molecule has 3 N–H and O–H groups in total. The van der Waals surface area contributed by atoms with Crippen LogP contribution in [0.25, 0.3) is 0 Å². The first-order valence-corrected chi connectivity index (χ1v) is 17.8. The number of benzene rings is 2. The Hall–Kier alpha value is -3.65. The van der Waals surface area contributed by atoms with Gasteiger partial charge in [0.2, 0.25) is 0 Å². The number of carbonyl (C=O) groups is 2. The van der Waals surface area contributed by atoms with Crippen molar-refractivity contribution >= 4 is 44.7 Å². The van der Waals surface area contributed by atoms with Gasteiger partial charge in [-0.2, -0.15) is 0 Å². The lowest BCUT2D eigenvalue weighted by Gasteiger charge is -2.35. The molecule has 0 saturated heterocycles. The van der Waals surface area contributed by atoms with Crippen molar-refractivity contribution in [3.8, 4) is 5.75 Å². The lowest BCUT2D eigenvalue weighted by Crippen LogP contribution is -2.48. The smallest absolute Gasteiger partial charge is 0.321 e. The van der Waals surface area contributed by atoms with Gasteiger partial charge in [0.05, 0.1) is 30.4 Å². The number of fused-ring (bicyclic) bond motifs is 1. The van der Waals surface area contributed by atoms with E-state index in [2.05, 4.69) is 10.0 Å². The standard InChI is InChI=1S/C33H44N4O7S2/c1-23-20-37(24(2)22-38)32(39)28-19-27(35-46(41,42)31-14-10-18-45-31)15-16-29(28)44-25(3)11-8-9-17-43-30(23)21-36(4)33(40)34-26-12-6-5-7-13-26/h5-7,10,12-16,18-19,23-25,30,35,38H,8-9,11,17,20-22H2,1-4H3,(H,34,40)/t23-,24+,25+,30+/m0/s1. The molecule has 0 bridgehead atoms. The molecular weight excluding hydrogens is 629 g/mol. The van der Waals surface area contributed by atoms with Crippen LogP contribution < -0.4 is 14.8 Å². The highest BCUT2D eigenvalue weighted by atomic mass is 32.2. The number of urea groups is 1. The molecule has 13 heteroatoms. The van der Waals surface area contributed by atoms with Crippen molar-refractivity contribution in [3.05, 3.63) is 71.6 Å². The van der Waals surface area contributed by atoms with Crippen LogP contribution in [0.5, 0.6) is 5.75 Å². The maximum atomic E-state index is 14.3. The van der Waals surface area contributed by atoms with Gasteiger partial charge in [0.1, 0.15) is 9.96 Å². The molecule has 2 aromatic carbocycles. The number of aliphatic hydroxyl groups excluding tert-OH is 1. The lowest BCUT2D eigenvalue weighted by atomic mass is 10.0. The molecule has 0 spiro atoms. The van der Waals surface area contributed by atoms with E-state index in [4.69, 9.17) is 9.47 Å². The number of nitrogens with one attached hydrogen (secondary N) is 2. The average Bonchev–Trinajstić information content (AvgIpc) is 3.59. The number of aliphatic hydroxyl groups is 1. The third-order valence-electron chi connectivity index (χ3n) is 7.89. The van der Waals surface area contributed by atoms with Crippen LogP contribution in [0.1, 0.15) is 50.4 Å². The van der Waals surface area contributed by atoms with Gasteiger partial charge in [-0.3, -0.25) is 9.52 Å². The minimum atomic E-state index is -3.85. The summed E-state index contributed by atoms with van der Waals surface area (Å²) in [6, 6.07) is 16.2. The highest BCUT2D eigenvalue weighted by Crippen LogP contribution is 2.30. The maximum Gasteiger partial charge on any atom is 0.321 e. The van der Waals surface area contributed by atoms with E-state index in [1.54, 1.807) is 47.4 Å². The van der Waals surface area contributed by atoms with E-state index in [9.17, 15) is 23.1 Å². The number of nitrogens with zero attached hydrogens (tertiary/aromatic N) is 2. The van der Waals surface area contributed by atoms with Crippen LogP contribution in [0.3, 0.4) is 0 Å². The zero-order valence-electron chi connectivity index (χ0n) is 26.7. The quantitative estimate of drug-likeness (QED) is 0.287. The van der Waals surface area contributed by atoms with Crippen molar-refractivity contribution in [2.24, 2.45) is 5.92 Å². The van der Waals surface area contributed by atoms with Gasteiger partial charge in [0.15, 0.2) is 0 Å². The molecule has 4 atom stereocenters. The van der Waals surface area contributed by atoms with Gasteiger partial charge in [-0.05, 0) is 74.9 Å². The third-order valence-corrected chi connectivity index (χ3v) is 10.7. The summed E-state index contributed by atoms with van der Waals surface area (Å²) in [6.45, 7) is 6.29. The highest BCUT2D eigenvalue weighted by molar-refractivity contribution is 7.94. The van der Waals surface area contributed by atoms with Crippen LogP contribution in [0, 0.1) is 5.92 Å². The number of thiophene rings is 1. The maximum absolute atomic E-state index is 14.3. The number of rotatable bonds is 8. The summed E-state index contributed by atoms with van der Waals surface area (Å²) in [5.74, 6) is -0.322. The summed E-state index contributed by atoms with van der Waals surface area (Å²) in [7, 11) is -2.15. The first-order chi connectivity index (χ1) is 22.0. The molecule has 250 valence electrons. The fourth-order valence-electron chi connectivity index (χ4n) is 5.16. The summed E-state index contributed by atoms with van der Waals surface area (Å²) in [4.78, 5) is 30.4. The second-order valence-electron chi connectivity index (χ2n) is 11.7. The lowest BCUT2D eigenvalue weighted by molar-refractivity contribution is -0.0115. The van der Waals surface area contributed by atoms with E-state index in [-0.39, 0.29) is 53.2 Å². The van der Waals surface area contributed by atoms with Crippen LogP contribution in [-0.4, -0.2) is 86.9 Å². The minimum Gasteiger partial charge on any atom is -0.490 e. The van der Waals surface area contributed by atoms with E-state index >= 15 is 0 Å². The predicted molar refractivity (Wildman–Crippen MR) is 180 cm³/mol. The van der Waals surface area contributed by atoms with Crippen LogP contribution in [0.4, 0.5) is 16.2 Å². The van der Waals surface area contributed by atoms with Crippen molar-refractivity contribution in [1.82, 2.24) is 9.80 Å². The monoisotopic (exact) mass is 672 g/mol. The Labute approximate surface area is 275 Å². The van der Waals surface area contributed by atoms with Crippen LogP contribution in [0.15, 0.2) is 70.3 Å². The second kappa shape index (κ2) is 16.3.